The summed E-state index contributed by atoms with van der Waals surface area (Å²) in [5.41, 5.74) is 2.95. The third kappa shape index (κ3) is 6.11. The molecule has 0 unspecified atom stereocenters. The molecule has 2 N–H and O–H groups in total. The Hall–Kier alpha value is -4.12. The number of benzene rings is 4. The third-order valence-electron chi connectivity index (χ3n) is 6.06. The van der Waals surface area contributed by atoms with E-state index in [0.717, 1.165) is 10.8 Å². The van der Waals surface area contributed by atoms with Gasteiger partial charge in [-0.1, -0.05) is 76.2 Å². The number of hydrogen-bond acceptors (Lipinski definition) is 3. The van der Waals surface area contributed by atoms with Gasteiger partial charge in [-0.25, -0.2) is 0 Å². The van der Waals surface area contributed by atoms with Crippen molar-refractivity contribution in [2.75, 3.05) is 10.6 Å². The molecule has 0 aliphatic rings. The van der Waals surface area contributed by atoms with Crippen LogP contribution < -0.4 is 15.4 Å². The minimum absolute atomic E-state index is 0.0237. The van der Waals surface area contributed by atoms with Crippen LogP contribution in [0, 0.1) is 0 Å². The smallest absolute Gasteiger partial charge is 0.265 e. The van der Waals surface area contributed by atoms with E-state index in [2.05, 4.69) is 31.4 Å². The Morgan fingerprint density at radius 1 is 0.778 bits per heavy atom. The molecule has 5 heteroatoms. The highest BCUT2D eigenvalue weighted by atomic mass is 16.5. The van der Waals surface area contributed by atoms with Crippen LogP contribution in [0.3, 0.4) is 0 Å². The van der Waals surface area contributed by atoms with E-state index in [0.29, 0.717) is 29.1 Å². The molecule has 0 saturated carbocycles. The average Bonchev–Trinajstić information content (AvgIpc) is 2.87. The van der Waals surface area contributed by atoms with E-state index in [9.17, 15) is 9.59 Å². The zero-order chi connectivity index (χ0) is 25.7. The molecule has 4 aromatic rings. The van der Waals surface area contributed by atoms with Crippen molar-refractivity contribution < 1.29 is 14.3 Å². The Bertz CT molecular complexity index is 1370. The Kier molecular flexibility index (Phi) is 7.39. The molecule has 1 atom stereocenters. The first-order valence-electron chi connectivity index (χ1n) is 12.2. The highest BCUT2D eigenvalue weighted by Crippen LogP contribution is 2.24. The van der Waals surface area contributed by atoms with Crippen molar-refractivity contribution in [3.05, 3.63) is 102 Å². The minimum Gasteiger partial charge on any atom is -0.481 e. The molecule has 0 fully saturated rings. The van der Waals surface area contributed by atoms with Gasteiger partial charge >= 0.3 is 0 Å². The maximum atomic E-state index is 13.0. The standard InChI is InChI=1S/C31H32N2O3/c1-5-28(36-27-18-15-21-9-6-7-10-23(21)19-27)30(35)33-26-12-8-11-25(20-26)32-29(34)22-13-16-24(17-14-22)31(2,3)4/h6-20,28H,5H2,1-4H3,(H,32,34)(H,33,35)/t28-/m1/s1. The summed E-state index contributed by atoms with van der Waals surface area (Å²) in [5.74, 6) is 0.200. The first-order chi connectivity index (χ1) is 17.2. The van der Waals surface area contributed by atoms with Crippen molar-refractivity contribution in [3.8, 4) is 5.75 Å². The van der Waals surface area contributed by atoms with Crippen molar-refractivity contribution in [3.63, 3.8) is 0 Å². The first kappa shape index (κ1) is 25.0. The van der Waals surface area contributed by atoms with Crippen molar-refractivity contribution in [2.45, 2.75) is 45.6 Å². The van der Waals surface area contributed by atoms with E-state index in [4.69, 9.17) is 4.74 Å². The van der Waals surface area contributed by atoms with Crippen molar-refractivity contribution >= 4 is 34.0 Å². The van der Waals surface area contributed by atoms with Gasteiger partial charge in [0.1, 0.15) is 5.75 Å². The zero-order valence-corrected chi connectivity index (χ0v) is 21.2. The lowest BCUT2D eigenvalue weighted by atomic mass is 9.87. The maximum Gasteiger partial charge on any atom is 0.265 e. The fraction of sp³-hybridized carbons (Fsp3) is 0.226. The lowest BCUT2D eigenvalue weighted by Crippen LogP contribution is -2.32. The molecule has 0 aliphatic heterocycles. The monoisotopic (exact) mass is 480 g/mol. The molecular formula is C31H32N2O3. The highest BCUT2D eigenvalue weighted by molar-refractivity contribution is 6.04. The molecule has 2 amide bonds. The molecule has 0 spiro atoms. The third-order valence-corrected chi connectivity index (χ3v) is 6.06. The van der Waals surface area contributed by atoms with Gasteiger partial charge in [-0.15, -0.1) is 0 Å². The van der Waals surface area contributed by atoms with E-state index in [-0.39, 0.29) is 17.2 Å². The Labute approximate surface area is 212 Å². The van der Waals surface area contributed by atoms with Crippen LogP contribution in [-0.4, -0.2) is 17.9 Å². The fourth-order valence-electron chi connectivity index (χ4n) is 3.95. The lowest BCUT2D eigenvalue weighted by molar-refractivity contribution is -0.122. The number of carbonyl (C=O) groups excluding carboxylic acids is 2. The van der Waals surface area contributed by atoms with Crippen LogP contribution >= 0.6 is 0 Å². The first-order valence-corrected chi connectivity index (χ1v) is 12.2. The molecule has 0 aliphatic carbocycles. The summed E-state index contributed by atoms with van der Waals surface area (Å²) in [5, 5.41) is 8.00. The molecule has 0 heterocycles. The van der Waals surface area contributed by atoms with Crippen molar-refractivity contribution in [2.24, 2.45) is 0 Å². The van der Waals surface area contributed by atoms with Gasteiger partial charge in [0.05, 0.1) is 0 Å². The van der Waals surface area contributed by atoms with Gasteiger partial charge in [0.25, 0.3) is 11.8 Å². The van der Waals surface area contributed by atoms with E-state index in [1.807, 2.05) is 73.7 Å². The summed E-state index contributed by atoms with van der Waals surface area (Å²) in [6, 6.07) is 28.5. The Morgan fingerprint density at radius 2 is 1.44 bits per heavy atom. The number of anilines is 2. The quantitative estimate of drug-likeness (QED) is 0.294. The van der Waals surface area contributed by atoms with Crippen LogP contribution in [0.25, 0.3) is 10.8 Å². The maximum absolute atomic E-state index is 13.0. The number of hydrogen-bond donors (Lipinski definition) is 2. The van der Waals surface area contributed by atoms with Gasteiger partial charge in [-0.05, 0) is 70.6 Å². The van der Waals surface area contributed by atoms with Gasteiger partial charge in [-0.2, -0.15) is 0 Å². The molecule has 184 valence electrons. The van der Waals surface area contributed by atoms with E-state index in [1.54, 1.807) is 24.3 Å². The second kappa shape index (κ2) is 10.6. The summed E-state index contributed by atoms with van der Waals surface area (Å²) in [6.07, 6.45) is -0.134. The molecular weight excluding hydrogens is 448 g/mol. The van der Waals surface area contributed by atoms with Gasteiger partial charge in [0.15, 0.2) is 6.10 Å². The number of nitrogens with one attached hydrogen (secondary N) is 2. The molecule has 4 rings (SSSR count). The van der Waals surface area contributed by atoms with Crippen LogP contribution in [-0.2, 0) is 10.2 Å². The topological polar surface area (TPSA) is 67.4 Å². The SMILES string of the molecule is CC[C@@H](Oc1ccc2ccccc2c1)C(=O)Nc1cccc(NC(=O)c2ccc(C(C)(C)C)cc2)c1. The minimum atomic E-state index is -0.647. The van der Waals surface area contributed by atoms with Crippen molar-refractivity contribution in [1.29, 1.82) is 0 Å². The summed E-state index contributed by atoms with van der Waals surface area (Å²) in [4.78, 5) is 25.7. The van der Waals surface area contributed by atoms with Crippen LogP contribution in [0.1, 0.15) is 50.0 Å². The largest absolute Gasteiger partial charge is 0.481 e. The number of amides is 2. The van der Waals surface area contributed by atoms with Gasteiger partial charge < -0.3 is 15.4 Å². The summed E-state index contributed by atoms with van der Waals surface area (Å²) in [6.45, 7) is 8.32. The number of rotatable bonds is 7. The molecule has 0 bridgehead atoms. The van der Waals surface area contributed by atoms with Gasteiger partial charge in [-0.3, -0.25) is 9.59 Å². The van der Waals surface area contributed by atoms with Crippen molar-refractivity contribution in [1.82, 2.24) is 0 Å². The van der Waals surface area contributed by atoms with Crippen LogP contribution in [0.2, 0.25) is 0 Å². The van der Waals surface area contributed by atoms with E-state index >= 15 is 0 Å². The zero-order valence-electron chi connectivity index (χ0n) is 21.2. The predicted molar refractivity (Wildman–Crippen MR) is 147 cm³/mol. The molecule has 5 nitrogen and oxygen atoms in total. The van der Waals surface area contributed by atoms with Gasteiger partial charge in [0.2, 0.25) is 0 Å². The average molecular weight is 481 g/mol. The summed E-state index contributed by atoms with van der Waals surface area (Å²) < 4.78 is 6.01. The van der Waals surface area contributed by atoms with Crippen LogP contribution in [0.5, 0.6) is 5.75 Å². The predicted octanol–water partition coefficient (Wildman–Crippen LogP) is 7.19. The molecule has 0 saturated heterocycles. The second-order valence-electron chi connectivity index (χ2n) is 9.88. The molecule has 36 heavy (non-hydrogen) atoms. The normalized spacial score (nSPS) is 12.1. The lowest BCUT2D eigenvalue weighted by Gasteiger charge is -2.19. The molecule has 0 aromatic heterocycles. The van der Waals surface area contributed by atoms with Crippen LogP contribution in [0.4, 0.5) is 11.4 Å². The Morgan fingerprint density at radius 3 is 2.11 bits per heavy atom. The summed E-state index contributed by atoms with van der Waals surface area (Å²) >= 11 is 0. The molecule has 0 radical (unpaired) electrons. The Balaban J connectivity index is 1.40. The van der Waals surface area contributed by atoms with Gasteiger partial charge in [0, 0.05) is 16.9 Å². The fourth-order valence-corrected chi connectivity index (χ4v) is 3.95. The van der Waals surface area contributed by atoms with E-state index in [1.165, 1.54) is 5.56 Å². The summed E-state index contributed by atoms with van der Waals surface area (Å²) in [7, 11) is 0. The number of ether oxygens (including phenoxy) is 1. The highest BCUT2D eigenvalue weighted by Gasteiger charge is 2.19. The van der Waals surface area contributed by atoms with E-state index < -0.39 is 6.10 Å². The van der Waals surface area contributed by atoms with Crippen LogP contribution in [0.15, 0.2) is 91.0 Å². The number of carbonyl (C=O) groups is 2. The number of fused-ring (bicyclic) bond motifs is 1. The second-order valence-corrected chi connectivity index (χ2v) is 9.88. The molecule has 4 aromatic carbocycles.